The van der Waals surface area contributed by atoms with E-state index in [0.29, 0.717) is 15.6 Å². The number of rotatable bonds is 6. The summed E-state index contributed by atoms with van der Waals surface area (Å²) in [5, 5.41) is 3.92. The Balaban J connectivity index is 1.96. The molecule has 0 spiro atoms. The van der Waals surface area contributed by atoms with Crippen molar-refractivity contribution in [1.82, 2.24) is 0 Å². The van der Waals surface area contributed by atoms with Gasteiger partial charge in [0.05, 0.1) is 16.1 Å². The molecule has 0 aliphatic heterocycles. The van der Waals surface area contributed by atoms with Crippen molar-refractivity contribution in [1.29, 1.82) is 0 Å². The first kappa shape index (κ1) is 17.4. The highest BCUT2D eigenvalue weighted by molar-refractivity contribution is 6.42. The van der Waals surface area contributed by atoms with Crippen molar-refractivity contribution < 1.29 is 9.53 Å². The molecule has 3 nitrogen and oxygen atoms in total. The highest BCUT2D eigenvalue weighted by atomic mass is 35.5. The van der Waals surface area contributed by atoms with E-state index in [0.717, 1.165) is 11.4 Å². The zero-order valence-corrected chi connectivity index (χ0v) is 14.4. The normalized spacial score (nSPS) is 11.0. The van der Waals surface area contributed by atoms with Crippen LogP contribution < -0.4 is 10.1 Å². The van der Waals surface area contributed by atoms with Gasteiger partial charge in [-0.25, -0.2) is 0 Å². The molecule has 0 bridgehead atoms. The summed E-state index contributed by atoms with van der Waals surface area (Å²) in [6.07, 6.45) is 3.13. The number of ketones is 1. The van der Waals surface area contributed by atoms with Gasteiger partial charge in [0.1, 0.15) is 5.75 Å². The lowest BCUT2D eigenvalue weighted by Gasteiger charge is -2.09. The van der Waals surface area contributed by atoms with Gasteiger partial charge < -0.3 is 10.1 Å². The average molecular weight is 350 g/mol. The van der Waals surface area contributed by atoms with E-state index in [2.05, 4.69) is 5.32 Å². The molecule has 5 heteroatoms. The molecule has 1 N–H and O–H groups in total. The predicted octanol–water partition coefficient (Wildman–Crippen LogP) is 5.59. The smallest absolute Gasteiger partial charge is 0.187 e. The molecule has 0 saturated heterocycles. The van der Waals surface area contributed by atoms with E-state index in [-0.39, 0.29) is 11.9 Å². The van der Waals surface area contributed by atoms with Gasteiger partial charge >= 0.3 is 0 Å². The van der Waals surface area contributed by atoms with Crippen molar-refractivity contribution in [3.05, 3.63) is 70.3 Å². The van der Waals surface area contributed by atoms with Crippen LogP contribution in [0.3, 0.4) is 0 Å². The zero-order valence-electron chi connectivity index (χ0n) is 12.8. The fourth-order valence-corrected chi connectivity index (χ4v) is 2.16. The number of hydrogen-bond donors (Lipinski definition) is 1. The van der Waals surface area contributed by atoms with E-state index in [4.69, 9.17) is 27.9 Å². The molecule has 0 aliphatic rings. The molecule has 0 atom stereocenters. The fourth-order valence-electron chi connectivity index (χ4n) is 1.87. The van der Waals surface area contributed by atoms with Gasteiger partial charge in [0.15, 0.2) is 5.78 Å². The van der Waals surface area contributed by atoms with Gasteiger partial charge in [-0.05, 0) is 56.3 Å². The Bertz CT molecular complexity index is 709. The summed E-state index contributed by atoms with van der Waals surface area (Å²) in [7, 11) is 0. The number of halogens is 2. The maximum absolute atomic E-state index is 12.1. The Kier molecular flexibility index (Phi) is 6.08. The van der Waals surface area contributed by atoms with Crippen LogP contribution in [0.2, 0.25) is 10.0 Å². The van der Waals surface area contributed by atoms with E-state index in [1.54, 1.807) is 48.7 Å². The summed E-state index contributed by atoms with van der Waals surface area (Å²) in [4.78, 5) is 12.1. The van der Waals surface area contributed by atoms with Crippen molar-refractivity contribution in [3.63, 3.8) is 0 Å². The van der Waals surface area contributed by atoms with Gasteiger partial charge in [-0.15, -0.1) is 0 Å². The Morgan fingerprint density at radius 3 is 2.39 bits per heavy atom. The summed E-state index contributed by atoms with van der Waals surface area (Å²) < 4.78 is 5.54. The Morgan fingerprint density at radius 2 is 1.78 bits per heavy atom. The van der Waals surface area contributed by atoms with Crippen molar-refractivity contribution in [3.8, 4) is 5.75 Å². The lowest BCUT2D eigenvalue weighted by Crippen LogP contribution is -2.05. The number of hydrogen-bond acceptors (Lipinski definition) is 3. The zero-order chi connectivity index (χ0) is 16.8. The van der Waals surface area contributed by atoms with Crippen molar-refractivity contribution in [2.24, 2.45) is 0 Å². The molecule has 0 amide bonds. The maximum Gasteiger partial charge on any atom is 0.187 e. The van der Waals surface area contributed by atoms with Crippen LogP contribution in [-0.4, -0.2) is 11.9 Å². The van der Waals surface area contributed by atoms with Crippen LogP contribution in [0.25, 0.3) is 0 Å². The van der Waals surface area contributed by atoms with Crippen LogP contribution >= 0.6 is 23.2 Å². The van der Waals surface area contributed by atoms with Crippen LogP contribution in [0.4, 0.5) is 5.69 Å². The second-order valence-corrected chi connectivity index (χ2v) is 5.98. The molecule has 0 saturated carbocycles. The second kappa shape index (κ2) is 8.04. The summed E-state index contributed by atoms with van der Waals surface area (Å²) in [5.74, 6) is 0.642. The van der Waals surface area contributed by atoms with E-state index in [9.17, 15) is 4.79 Å². The molecule has 2 aromatic carbocycles. The topological polar surface area (TPSA) is 38.3 Å². The first-order valence-electron chi connectivity index (χ1n) is 7.15. The highest BCUT2D eigenvalue weighted by Crippen LogP contribution is 2.25. The number of carbonyl (C=O) groups excluding carboxylic acids is 1. The summed E-state index contributed by atoms with van der Waals surface area (Å²) >= 11 is 11.8. The molecule has 0 radical (unpaired) electrons. The largest absolute Gasteiger partial charge is 0.491 e. The van der Waals surface area contributed by atoms with E-state index < -0.39 is 0 Å². The van der Waals surface area contributed by atoms with Crippen molar-refractivity contribution in [2.45, 2.75) is 20.0 Å². The third-order valence-corrected chi connectivity index (χ3v) is 3.65. The van der Waals surface area contributed by atoms with Crippen LogP contribution in [0.1, 0.15) is 24.2 Å². The predicted molar refractivity (Wildman–Crippen MR) is 95.8 cm³/mol. The monoisotopic (exact) mass is 349 g/mol. The first-order chi connectivity index (χ1) is 11.0. The molecule has 0 fully saturated rings. The van der Waals surface area contributed by atoms with Crippen LogP contribution in [-0.2, 0) is 0 Å². The van der Waals surface area contributed by atoms with Crippen LogP contribution in [0.15, 0.2) is 54.7 Å². The van der Waals surface area contributed by atoms with Crippen molar-refractivity contribution >= 4 is 34.7 Å². The molecule has 2 rings (SSSR count). The minimum atomic E-state index is -0.103. The summed E-state index contributed by atoms with van der Waals surface area (Å²) in [6, 6.07) is 12.2. The second-order valence-electron chi connectivity index (χ2n) is 5.16. The SMILES string of the molecule is CC(C)Oc1ccc(C(=O)/C=C/Nc2ccc(Cl)c(Cl)c2)cc1. The Hall–Kier alpha value is -1.97. The third kappa shape index (κ3) is 5.31. The van der Waals surface area contributed by atoms with Crippen molar-refractivity contribution in [2.75, 3.05) is 5.32 Å². The number of allylic oxidation sites excluding steroid dienone is 1. The number of nitrogens with one attached hydrogen (secondary N) is 1. The van der Waals surface area contributed by atoms with E-state index >= 15 is 0 Å². The average Bonchev–Trinajstić information content (AvgIpc) is 2.51. The minimum absolute atomic E-state index is 0.103. The van der Waals surface area contributed by atoms with Gasteiger partial charge in [0, 0.05) is 23.5 Å². The molecule has 0 heterocycles. The number of ether oxygens (including phenoxy) is 1. The lowest BCUT2D eigenvalue weighted by molar-refractivity contribution is 0.104. The molecule has 23 heavy (non-hydrogen) atoms. The minimum Gasteiger partial charge on any atom is -0.491 e. The molecular formula is C18H17Cl2NO2. The summed E-state index contributed by atoms with van der Waals surface area (Å²) in [5.41, 5.74) is 1.34. The highest BCUT2D eigenvalue weighted by Gasteiger charge is 2.03. The Labute approximate surface area is 145 Å². The van der Waals surface area contributed by atoms with E-state index in [1.165, 1.54) is 6.08 Å². The third-order valence-electron chi connectivity index (χ3n) is 2.91. The fraction of sp³-hybridized carbons (Fsp3) is 0.167. The van der Waals surface area contributed by atoms with E-state index in [1.807, 2.05) is 13.8 Å². The number of benzene rings is 2. The van der Waals surface area contributed by atoms with Gasteiger partial charge in [-0.3, -0.25) is 4.79 Å². The van der Waals surface area contributed by atoms with Gasteiger partial charge in [0.25, 0.3) is 0 Å². The molecule has 0 aliphatic carbocycles. The molecule has 0 unspecified atom stereocenters. The van der Waals surface area contributed by atoms with Crippen LogP contribution in [0.5, 0.6) is 5.75 Å². The maximum atomic E-state index is 12.1. The summed E-state index contributed by atoms with van der Waals surface area (Å²) in [6.45, 7) is 3.91. The Morgan fingerprint density at radius 1 is 1.09 bits per heavy atom. The van der Waals surface area contributed by atoms with Crippen LogP contribution in [0, 0.1) is 0 Å². The van der Waals surface area contributed by atoms with Gasteiger partial charge in [0.2, 0.25) is 0 Å². The molecule has 0 aromatic heterocycles. The molecular weight excluding hydrogens is 333 g/mol. The quantitative estimate of drug-likeness (QED) is 0.545. The number of anilines is 1. The molecule has 2 aromatic rings. The standard InChI is InChI=1S/C18H17Cl2NO2/c1-12(2)23-15-6-3-13(4-7-15)18(22)9-10-21-14-5-8-16(19)17(20)11-14/h3-12,21H,1-2H3/b10-9+. The first-order valence-corrected chi connectivity index (χ1v) is 7.90. The van der Waals surface area contributed by atoms with Gasteiger partial charge in [-0.1, -0.05) is 23.2 Å². The molecule has 120 valence electrons. The number of carbonyl (C=O) groups is 1. The van der Waals surface area contributed by atoms with Gasteiger partial charge in [-0.2, -0.15) is 0 Å². The lowest BCUT2D eigenvalue weighted by atomic mass is 10.1.